The number of amides is 1. The molecular formula is C18H17NO3. The van der Waals surface area contributed by atoms with Gasteiger partial charge in [0.05, 0.1) is 10.8 Å². The van der Waals surface area contributed by atoms with Gasteiger partial charge in [0.15, 0.2) is 0 Å². The Morgan fingerprint density at radius 1 is 1.05 bits per heavy atom. The van der Waals surface area contributed by atoms with Crippen LogP contribution in [0.3, 0.4) is 0 Å². The number of nitrogens with zero attached hydrogens (tertiary/aromatic N) is 1. The minimum Gasteiger partial charge on any atom is -0.456 e. The van der Waals surface area contributed by atoms with E-state index in [-0.39, 0.29) is 17.4 Å². The molecule has 0 aliphatic heterocycles. The van der Waals surface area contributed by atoms with Crippen molar-refractivity contribution in [3.05, 3.63) is 58.3 Å². The summed E-state index contributed by atoms with van der Waals surface area (Å²) in [6.45, 7) is 3.90. The summed E-state index contributed by atoms with van der Waals surface area (Å²) < 4.78 is 5.79. The Hall–Kier alpha value is -2.62. The van der Waals surface area contributed by atoms with Gasteiger partial charge in [0.25, 0.3) is 5.91 Å². The molecule has 0 N–H and O–H groups in total. The average Bonchev–Trinajstić information content (AvgIpc) is 2.53. The maximum absolute atomic E-state index is 12.5. The van der Waals surface area contributed by atoms with Crippen LogP contribution in [0.2, 0.25) is 0 Å². The molecule has 112 valence electrons. The molecule has 1 heterocycles. The van der Waals surface area contributed by atoms with Gasteiger partial charge in [-0.3, -0.25) is 9.59 Å². The zero-order chi connectivity index (χ0) is 15.9. The van der Waals surface area contributed by atoms with Gasteiger partial charge < -0.3 is 9.32 Å². The van der Waals surface area contributed by atoms with Crippen LogP contribution in [0.15, 0.2) is 51.7 Å². The quantitative estimate of drug-likeness (QED) is 0.681. The van der Waals surface area contributed by atoms with Gasteiger partial charge in [-0.2, -0.15) is 0 Å². The van der Waals surface area contributed by atoms with E-state index in [1.165, 1.54) is 0 Å². The Labute approximate surface area is 128 Å². The van der Waals surface area contributed by atoms with Crippen molar-refractivity contribution in [3.8, 4) is 0 Å². The highest BCUT2D eigenvalue weighted by atomic mass is 16.3. The minimum absolute atomic E-state index is 0.0759. The highest BCUT2D eigenvalue weighted by molar-refractivity contribution is 5.99. The van der Waals surface area contributed by atoms with Gasteiger partial charge in [0, 0.05) is 18.7 Å². The van der Waals surface area contributed by atoms with Crippen molar-refractivity contribution in [1.82, 2.24) is 4.90 Å². The van der Waals surface area contributed by atoms with Crippen molar-refractivity contribution < 1.29 is 9.21 Å². The zero-order valence-electron chi connectivity index (χ0n) is 12.8. The van der Waals surface area contributed by atoms with E-state index in [1.807, 2.05) is 19.9 Å². The monoisotopic (exact) mass is 295 g/mol. The van der Waals surface area contributed by atoms with Crippen LogP contribution < -0.4 is 5.43 Å². The summed E-state index contributed by atoms with van der Waals surface area (Å²) in [7, 11) is 1.76. The van der Waals surface area contributed by atoms with Gasteiger partial charge in [0.2, 0.25) is 5.43 Å². The predicted molar refractivity (Wildman–Crippen MR) is 87.2 cm³/mol. The topological polar surface area (TPSA) is 50.5 Å². The summed E-state index contributed by atoms with van der Waals surface area (Å²) >= 11 is 0. The van der Waals surface area contributed by atoms with Gasteiger partial charge in [-0.25, -0.2) is 0 Å². The molecule has 3 aromatic rings. The summed E-state index contributed by atoms with van der Waals surface area (Å²) in [5.41, 5.74) is 1.41. The molecule has 0 aliphatic carbocycles. The van der Waals surface area contributed by atoms with Crippen LogP contribution in [0.4, 0.5) is 0 Å². The minimum atomic E-state index is -0.0901. The van der Waals surface area contributed by atoms with Gasteiger partial charge in [-0.05, 0) is 44.2 Å². The second kappa shape index (κ2) is 5.30. The fraction of sp³-hybridized carbons (Fsp3) is 0.222. The second-order valence-corrected chi connectivity index (χ2v) is 5.65. The molecule has 0 radical (unpaired) electrons. The van der Waals surface area contributed by atoms with E-state index < -0.39 is 0 Å². The largest absolute Gasteiger partial charge is 0.456 e. The van der Waals surface area contributed by atoms with E-state index in [4.69, 9.17) is 4.42 Å². The average molecular weight is 295 g/mol. The summed E-state index contributed by atoms with van der Waals surface area (Å²) in [5, 5.41) is 1.04. The van der Waals surface area contributed by atoms with Crippen LogP contribution in [0.1, 0.15) is 24.2 Å². The van der Waals surface area contributed by atoms with E-state index >= 15 is 0 Å². The van der Waals surface area contributed by atoms with E-state index in [1.54, 1.807) is 48.3 Å². The lowest BCUT2D eigenvalue weighted by Crippen LogP contribution is -2.32. The van der Waals surface area contributed by atoms with Crippen LogP contribution in [-0.2, 0) is 0 Å². The van der Waals surface area contributed by atoms with E-state index in [0.717, 1.165) is 0 Å². The van der Waals surface area contributed by atoms with Gasteiger partial charge in [0.1, 0.15) is 11.2 Å². The van der Waals surface area contributed by atoms with Crippen LogP contribution >= 0.6 is 0 Å². The molecule has 3 rings (SSSR count). The summed E-state index contributed by atoms with van der Waals surface area (Å²) in [6, 6.07) is 12.2. The number of hydrogen-bond donors (Lipinski definition) is 0. The number of hydrogen-bond acceptors (Lipinski definition) is 3. The molecule has 4 nitrogen and oxygen atoms in total. The van der Waals surface area contributed by atoms with Crippen molar-refractivity contribution in [1.29, 1.82) is 0 Å². The Kier molecular flexibility index (Phi) is 3.45. The van der Waals surface area contributed by atoms with Crippen LogP contribution in [0.25, 0.3) is 21.9 Å². The molecule has 0 spiro atoms. The maximum atomic E-state index is 12.5. The van der Waals surface area contributed by atoms with E-state index in [2.05, 4.69) is 0 Å². The standard InChI is InChI=1S/C18H17NO3/c1-11(2)19(3)18(21)12-8-9-14-16(10-12)22-15-7-5-4-6-13(15)17(14)20/h4-11H,1-3H3. The number of benzene rings is 2. The van der Waals surface area contributed by atoms with Crippen LogP contribution in [-0.4, -0.2) is 23.9 Å². The maximum Gasteiger partial charge on any atom is 0.253 e. The number of para-hydroxylation sites is 1. The van der Waals surface area contributed by atoms with Gasteiger partial charge >= 0.3 is 0 Å². The van der Waals surface area contributed by atoms with Gasteiger partial charge in [-0.1, -0.05) is 12.1 Å². The fourth-order valence-electron chi connectivity index (χ4n) is 2.37. The van der Waals surface area contributed by atoms with Crippen molar-refractivity contribution in [2.45, 2.75) is 19.9 Å². The summed E-state index contributed by atoms with van der Waals surface area (Å²) in [6.07, 6.45) is 0. The molecule has 4 heteroatoms. The molecule has 0 saturated heterocycles. The first-order chi connectivity index (χ1) is 10.5. The molecule has 22 heavy (non-hydrogen) atoms. The lowest BCUT2D eigenvalue weighted by atomic mass is 10.1. The summed E-state index contributed by atoms with van der Waals surface area (Å²) in [5.74, 6) is -0.0901. The Morgan fingerprint density at radius 2 is 1.73 bits per heavy atom. The van der Waals surface area contributed by atoms with Gasteiger partial charge in [-0.15, -0.1) is 0 Å². The number of fused-ring (bicyclic) bond motifs is 2. The molecule has 0 bridgehead atoms. The third-order valence-corrected chi connectivity index (χ3v) is 3.92. The molecule has 0 unspecified atom stereocenters. The molecule has 1 amide bonds. The van der Waals surface area contributed by atoms with E-state index in [0.29, 0.717) is 27.5 Å². The van der Waals surface area contributed by atoms with Crippen molar-refractivity contribution in [2.75, 3.05) is 7.05 Å². The SMILES string of the molecule is CC(C)N(C)C(=O)c1ccc2c(=O)c3ccccc3oc2c1. The Balaban J connectivity index is 2.20. The molecule has 1 aromatic heterocycles. The number of carbonyl (C=O) groups is 1. The Bertz CT molecular complexity index is 924. The van der Waals surface area contributed by atoms with Crippen LogP contribution in [0.5, 0.6) is 0 Å². The smallest absolute Gasteiger partial charge is 0.253 e. The molecule has 0 aliphatic rings. The Morgan fingerprint density at radius 3 is 2.45 bits per heavy atom. The first-order valence-electron chi connectivity index (χ1n) is 7.22. The van der Waals surface area contributed by atoms with Crippen LogP contribution in [0, 0.1) is 0 Å². The molecule has 2 aromatic carbocycles. The molecule has 0 atom stereocenters. The van der Waals surface area contributed by atoms with Crippen molar-refractivity contribution in [3.63, 3.8) is 0 Å². The first kappa shape index (κ1) is 14.3. The predicted octanol–water partition coefficient (Wildman–Crippen LogP) is 3.43. The molecule has 0 fully saturated rings. The number of rotatable bonds is 2. The third-order valence-electron chi connectivity index (χ3n) is 3.92. The number of carbonyl (C=O) groups excluding carboxylic acids is 1. The molecule has 0 saturated carbocycles. The fourth-order valence-corrected chi connectivity index (χ4v) is 2.37. The normalized spacial score (nSPS) is 11.3. The summed E-state index contributed by atoms with van der Waals surface area (Å²) in [4.78, 5) is 26.5. The van der Waals surface area contributed by atoms with Crippen molar-refractivity contribution >= 4 is 27.8 Å². The highest BCUT2D eigenvalue weighted by Gasteiger charge is 2.16. The molecular weight excluding hydrogens is 278 g/mol. The lowest BCUT2D eigenvalue weighted by molar-refractivity contribution is 0.0755. The first-order valence-corrected chi connectivity index (χ1v) is 7.22. The third kappa shape index (κ3) is 2.26. The van der Waals surface area contributed by atoms with E-state index in [9.17, 15) is 9.59 Å². The highest BCUT2D eigenvalue weighted by Crippen LogP contribution is 2.20. The zero-order valence-corrected chi connectivity index (χ0v) is 12.8. The van der Waals surface area contributed by atoms with Crippen molar-refractivity contribution in [2.24, 2.45) is 0 Å². The second-order valence-electron chi connectivity index (χ2n) is 5.65. The lowest BCUT2D eigenvalue weighted by Gasteiger charge is -2.21.